The summed E-state index contributed by atoms with van der Waals surface area (Å²) in [6.45, 7) is 1.27. The van der Waals surface area contributed by atoms with E-state index in [1.807, 2.05) is 17.0 Å². The van der Waals surface area contributed by atoms with Crippen molar-refractivity contribution in [3.8, 4) is 5.69 Å². The first kappa shape index (κ1) is 20.1. The molecule has 1 saturated heterocycles. The normalized spacial score (nSPS) is 14.5. The maximum Gasteiger partial charge on any atom is 0.271 e. The second kappa shape index (κ2) is 8.67. The summed E-state index contributed by atoms with van der Waals surface area (Å²) in [5, 5.41) is 7.84. The predicted molar refractivity (Wildman–Crippen MR) is 115 cm³/mol. The molecule has 4 rings (SSSR count). The van der Waals surface area contributed by atoms with E-state index in [9.17, 15) is 14.0 Å². The Bertz CT molecular complexity index is 1110. The lowest BCUT2D eigenvalue weighted by Crippen LogP contribution is -2.39. The van der Waals surface area contributed by atoms with Crippen molar-refractivity contribution in [1.29, 1.82) is 0 Å². The number of para-hydroxylation sites is 1. The van der Waals surface area contributed by atoms with Crippen LogP contribution in [-0.2, 0) is 4.79 Å². The van der Waals surface area contributed by atoms with Gasteiger partial charge in [0.25, 0.3) is 5.56 Å². The van der Waals surface area contributed by atoms with Crippen LogP contribution >= 0.6 is 11.6 Å². The Morgan fingerprint density at radius 3 is 2.43 bits per heavy atom. The van der Waals surface area contributed by atoms with Gasteiger partial charge in [0.15, 0.2) is 0 Å². The molecule has 2 heterocycles. The smallest absolute Gasteiger partial charge is 0.271 e. The Balaban J connectivity index is 1.43. The Hall–Kier alpha value is -3.19. The summed E-state index contributed by atoms with van der Waals surface area (Å²) in [5.74, 6) is 0.0940. The van der Waals surface area contributed by atoms with E-state index in [1.165, 1.54) is 35.0 Å². The maximum atomic E-state index is 13.2. The van der Waals surface area contributed by atoms with Crippen LogP contribution in [-0.4, -0.2) is 28.8 Å². The molecule has 1 aromatic heterocycles. The fraction of sp³-hybridized carbons (Fsp3) is 0.227. The molecule has 6 nitrogen and oxygen atoms in total. The van der Waals surface area contributed by atoms with Crippen LogP contribution < -0.4 is 15.8 Å². The predicted octanol–water partition coefficient (Wildman–Crippen LogP) is 3.88. The Labute approximate surface area is 177 Å². The zero-order valence-corrected chi connectivity index (χ0v) is 16.8. The van der Waals surface area contributed by atoms with Crippen molar-refractivity contribution in [1.82, 2.24) is 9.78 Å². The fourth-order valence-corrected chi connectivity index (χ4v) is 3.69. The van der Waals surface area contributed by atoms with Gasteiger partial charge in [-0.3, -0.25) is 9.59 Å². The summed E-state index contributed by atoms with van der Waals surface area (Å²) in [5.41, 5.74) is 0.816. The summed E-state index contributed by atoms with van der Waals surface area (Å²) < 4.78 is 14.4. The molecule has 1 aliphatic heterocycles. The minimum atomic E-state index is -0.375. The molecule has 2 aromatic carbocycles. The van der Waals surface area contributed by atoms with E-state index in [1.54, 1.807) is 18.2 Å². The van der Waals surface area contributed by atoms with Gasteiger partial charge in [0, 0.05) is 25.1 Å². The van der Waals surface area contributed by atoms with Crippen LogP contribution in [0, 0.1) is 11.7 Å². The van der Waals surface area contributed by atoms with E-state index in [0.29, 0.717) is 48.1 Å². The van der Waals surface area contributed by atoms with E-state index < -0.39 is 0 Å². The first-order chi connectivity index (χ1) is 14.5. The van der Waals surface area contributed by atoms with Crippen LogP contribution in [0.25, 0.3) is 5.69 Å². The number of nitrogens with one attached hydrogen (secondary N) is 1. The van der Waals surface area contributed by atoms with Crippen molar-refractivity contribution < 1.29 is 9.18 Å². The van der Waals surface area contributed by atoms with Crippen LogP contribution in [0.5, 0.6) is 0 Å². The van der Waals surface area contributed by atoms with E-state index >= 15 is 0 Å². The zero-order chi connectivity index (χ0) is 21.1. The fourth-order valence-electron chi connectivity index (χ4n) is 3.51. The lowest BCUT2D eigenvalue weighted by Gasteiger charge is -2.32. The number of hydrogen-bond acceptors (Lipinski definition) is 4. The zero-order valence-electron chi connectivity index (χ0n) is 16.1. The number of carbonyl (C=O) groups excluding carboxylic acids is 1. The van der Waals surface area contributed by atoms with Crippen LogP contribution in [0.1, 0.15) is 12.8 Å². The first-order valence-electron chi connectivity index (χ1n) is 9.68. The van der Waals surface area contributed by atoms with Crippen LogP contribution in [0.2, 0.25) is 5.02 Å². The molecule has 0 saturated carbocycles. The molecule has 1 N–H and O–H groups in total. The number of amides is 1. The summed E-state index contributed by atoms with van der Waals surface area (Å²) in [7, 11) is 0. The van der Waals surface area contributed by atoms with Crippen molar-refractivity contribution in [3.05, 3.63) is 81.9 Å². The number of halogens is 2. The molecular weight excluding hydrogens is 407 g/mol. The second-order valence-corrected chi connectivity index (χ2v) is 7.56. The van der Waals surface area contributed by atoms with Gasteiger partial charge in [0.1, 0.15) is 11.6 Å². The molecule has 0 bridgehead atoms. The minimum Gasteiger partial charge on any atom is -0.355 e. The van der Waals surface area contributed by atoms with Crippen molar-refractivity contribution in [2.24, 2.45) is 5.92 Å². The summed E-state index contributed by atoms with van der Waals surface area (Å²) in [4.78, 5) is 26.8. The third kappa shape index (κ3) is 4.36. The highest BCUT2D eigenvalue weighted by molar-refractivity contribution is 6.33. The van der Waals surface area contributed by atoms with E-state index in [0.717, 1.165) is 0 Å². The Kier molecular flexibility index (Phi) is 5.81. The summed E-state index contributed by atoms with van der Waals surface area (Å²) >= 11 is 6.12. The molecule has 154 valence electrons. The third-order valence-corrected chi connectivity index (χ3v) is 5.51. The number of hydrogen-bond donors (Lipinski definition) is 1. The molecule has 8 heteroatoms. The Morgan fingerprint density at radius 1 is 1.03 bits per heavy atom. The van der Waals surface area contributed by atoms with Gasteiger partial charge in [-0.2, -0.15) is 4.68 Å². The highest BCUT2D eigenvalue weighted by atomic mass is 35.5. The molecule has 0 atom stereocenters. The average molecular weight is 427 g/mol. The highest BCUT2D eigenvalue weighted by Crippen LogP contribution is 2.25. The standard InChI is InChI=1S/C22H20ClFN4O2/c23-18-3-1-2-4-19(18)25-22(30)15-11-13-27(14-12-15)20-9-10-21(29)28(26-20)17-7-5-16(24)6-8-17/h1-10,15H,11-14H2,(H,25,30). The molecule has 0 radical (unpaired) electrons. The van der Waals surface area contributed by atoms with Gasteiger partial charge < -0.3 is 10.2 Å². The lowest BCUT2D eigenvalue weighted by molar-refractivity contribution is -0.120. The van der Waals surface area contributed by atoms with Crippen LogP contribution in [0.15, 0.2) is 65.5 Å². The number of piperidine rings is 1. The van der Waals surface area contributed by atoms with Gasteiger partial charge in [0.2, 0.25) is 5.91 Å². The summed E-state index contributed by atoms with van der Waals surface area (Å²) in [6.07, 6.45) is 1.32. The van der Waals surface area contributed by atoms with E-state index in [4.69, 9.17) is 11.6 Å². The molecule has 1 fully saturated rings. The van der Waals surface area contributed by atoms with Gasteiger partial charge in [-0.1, -0.05) is 23.7 Å². The highest BCUT2D eigenvalue weighted by Gasteiger charge is 2.26. The quantitative estimate of drug-likeness (QED) is 0.687. The third-order valence-electron chi connectivity index (χ3n) is 5.18. The van der Waals surface area contributed by atoms with Gasteiger partial charge >= 0.3 is 0 Å². The SMILES string of the molecule is O=C(Nc1ccccc1Cl)C1CCN(c2ccc(=O)n(-c3ccc(F)cc3)n2)CC1. The molecule has 0 unspecified atom stereocenters. The van der Waals surface area contributed by atoms with Crippen molar-refractivity contribution >= 4 is 29.0 Å². The molecule has 1 aliphatic rings. The number of rotatable bonds is 4. The largest absolute Gasteiger partial charge is 0.355 e. The van der Waals surface area contributed by atoms with Crippen molar-refractivity contribution in [2.75, 3.05) is 23.3 Å². The number of carbonyl (C=O) groups is 1. The van der Waals surface area contributed by atoms with Gasteiger partial charge in [-0.05, 0) is 55.3 Å². The Morgan fingerprint density at radius 2 is 1.73 bits per heavy atom. The monoisotopic (exact) mass is 426 g/mol. The summed E-state index contributed by atoms with van der Waals surface area (Å²) in [6, 6.07) is 15.9. The van der Waals surface area contributed by atoms with Gasteiger partial charge in [-0.15, -0.1) is 5.10 Å². The average Bonchev–Trinajstić information content (AvgIpc) is 2.76. The molecule has 3 aromatic rings. The number of benzene rings is 2. The number of nitrogens with zero attached hydrogens (tertiary/aromatic N) is 3. The molecule has 1 amide bonds. The van der Waals surface area contributed by atoms with Crippen molar-refractivity contribution in [3.63, 3.8) is 0 Å². The van der Waals surface area contributed by atoms with E-state index in [-0.39, 0.29) is 23.2 Å². The first-order valence-corrected chi connectivity index (χ1v) is 10.1. The molecule has 0 spiro atoms. The van der Waals surface area contributed by atoms with Crippen molar-refractivity contribution in [2.45, 2.75) is 12.8 Å². The van der Waals surface area contributed by atoms with Gasteiger partial charge in [-0.25, -0.2) is 4.39 Å². The minimum absolute atomic E-state index is 0.0491. The number of anilines is 2. The van der Waals surface area contributed by atoms with Gasteiger partial charge in [0.05, 0.1) is 16.4 Å². The van der Waals surface area contributed by atoms with Crippen LogP contribution in [0.4, 0.5) is 15.9 Å². The molecule has 30 heavy (non-hydrogen) atoms. The molecular formula is C22H20ClFN4O2. The molecule has 0 aliphatic carbocycles. The van der Waals surface area contributed by atoms with Crippen LogP contribution in [0.3, 0.4) is 0 Å². The lowest BCUT2D eigenvalue weighted by atomic mass is 9.96. The maximum absolute atomic E-state index is 13.2. The second-order valence-electron chi connectivity index (χ2n) is 7.15. The topological polar surface area (TPSA) is 67.2 Å². The van der Waals surface area contributed by atoms with E-state index in [2.05, 4.69) is 10.4 Å². The number of aromatic nitrogens is 2.